The first-order valence-electron chi connectivity index (χ1n) is 8.20. The van der Waals surface area contributed by atoms with Crippen LogP contribution >= 0.6 is 23.1 Å². The van der Waals surface area contributed by atoms with Crippen LogP contribution in [0.15, 0.2) is 28.6 Å². The number of nitrogens with two attached hydrogens (primary N) is 1. The zero-order valence-electron chi connectivity index (χ0n) is 14.5. The molecule has 7 nitrogen and oxygen atoms in total. The van der Waals surface area contributed by atoms with Gasteiger partial charge in [-0.25, -0.2) is 0 Å². The molecule has 0 bridgehead atoms. The lowest BCUT2D eigenvalue weighted by Crippen LogP contribution is -2.48. The maximum absolute atomic E-state index is 12.8. The molecule has 2 aromatic rings. The Morgan fingerprint density at radius 3 is 2.54 bits per heavy atom. The first-order chi connectivity index (χ1) is 13.2. The van der Waals surface area contributed by atoms with Crippen LogP contribution in [-0.4, -0.2) is 58.8 Å². The second-order valence-electron chi connectivity index (χ2n) is 5.96. The summed E-state index contributed by atoms with van der Waals surface area (Å²) in [6.07, 6.45) is -4.49. The molecular formula is C16H16F3N5O2S2. The largest absolute Gasteiger partial charge is 0.416 e. The molecule has 1 aliphatic rings. The van der Waals surface area contributed by atoms with Gasteiger partial charge in [-0.3, -0.25) is 9.59 Å². The predicted octanol–water partition coefficient (Wildman–Crippen LogP) is 2.10. The summed E-state index contributed by atoms with van der Waals surface area (Å²) < 4.78 is 39.2. The van der Waals surface area contributed by atoms with E-state index in [4.69, 9.17) is 5.73 Å². The number of hydrogen-bond acceptors (Lipinski definition) is 7. The molecule has 2 heterocycles. The van der Waals surface area contributed by atoms with Gasteiger partial charge in [0.2, 0.25) is 11.0 Å². The number of piperazine rings is 1. The molecule has 2 N–H and O–H groups in total. The molecule has 12 heteroatoms. The molecule has 0 aliphatic carbocycles. The van der Waals surface area contributed by atoms with Crippen molar-refractivity contribution in [3.63, 3.8) is 0 Å². The number of carbonyl (C=O) groups excluding carboxylic acids is 2. The van der Waals surface area contributed by atoms with Crippen LogP contribution < -0.4 is 10.6 Å². The van der Waals surface area contributed by atoms with E-state index >= 15 is 0 Å². The van der Waals surface area contributed by atoms with E-state index in [0.29, 0.717) is 35.7 Å². The highest BCUT2D eigenvalue weighted by molar-refractivity contribution is 8.01. The third-order valence-electron chi connectivity index (χ3n) is 4.01. The number of anilines is 1. The normalized spacial score (nSPS) is 15.0. The zero-order valence-corrected chi connectivity index (χ0v) is 16.1. The SMILES string of the molecule is NC(=O)CSc1nnc(N2CCN(C(=O)c3cccc(C(F)(F)F)c3)CC2)s1. The van der Waals surface area contributed by atoms with E-state index in [0.717, 1.165) is 12.1 Å². The number of rotatable bonds is 5. The van der Waals surface area contributed by atoms with Crippen molar-refractivity contribution in [2.45, 2.75) is 10.5 Å². The first kappa shape index (κ1) is 20.4. The molecule has 0 spiro atoms. The minimum absolute atomic E-state index is 0.0179. The topological polar surface area (TPSA) is 92.4 Å². The number of aromatic nitrogens is 2. The fourth-order valence-corrected chi connectivity index (χ4v) is 4.27. The fraction of sp³-hybridized carbons (Fsp3) is 0.375. The van der Waals surface area contributed by atoms with Gasteiger partial charge in [-0.05, 0) is 18.2 Å². The summed E-state index contributed by atoms with van der Waals surface area (Å²) in [7, 11) is 0. The van der Waals surface area contributed by atoms with Crippen molar-refractivity contribution in [3.8, 4) is 0 Å². The maximum Gasteiger partial charge on any atom is 0.416 e. The smallest absolute Gasteiger partial charge is 0.369 e. The van der Waals surface area contributed by atoms with Crippen molar-refractivity contribution in [1.82, 2.24) is 15.1 Å². The summed E-state index contributed by atoms with van der Waals surface area (Å²) in [5, 5.41) is 8.74. The molecule has 3 rings (SSSR count). The van der Waals surface area contributed by atoms with E-state index in [1.54, 1.807) is 0 Å². The Hall–Kier alpha value is -2.34. The van der Waals surface area contributed by atoms with Crippen LogP contribution in [0.3, 0.4) is 0 Å². The average molecular weight is 431 g/mol. The number of carbonyl (C=O) groups is 2. The summed E-state index contributed by atoms with van der Waals surface area (Å²) in [6.45, 7) is 1.69. The molecule has 1 aromatic heterocycles. The first-order valence-corrected chi connectivity index (χ1v) is 10.0. The van der Waals surface area contributed by atoms with Crippen LogP contribution in [0.5, 0.6) is 0 Å². The Bertz CT molecular complexity index is 866. The van der Waals surface area contributed by atoms with Gasteiger partial charge in [-0.1, -0.05) is 29.2 Å². The fourth-order valence-electron chi connectivity index (χ4n) is 2.63. The van der Waals surface area contributed by atoms with Crippen LogP contribution in [0.1, 0.15) is 15.9 Å². The summed E-state index contributed by atoms with van der Waals surface area (Å²) >= 11 is 2.53. The molecule has 0 atom stereocenters. The minimum atomic E-state index is -4.49. The molecule has 150 valence electrons. The van der Waals surface area contributed by atoms with Crippen LogP contribution in [0.2, 0.25) is 0 Å². The quantitative estimate of drug-likeness (QED) is 0.729. The third kappa shape index (κ3) is 4.93. The van der Waals surface area contributed by atoms with Gasteiger partial charge in [0.1, 0.15) is 0 Å². The molecule has 28 heavy (non-hydrogen) atoms. The van der Waals surface area contributed by atoms with Crippen molar-refractivity contribution in [2.75, 3.05) is 36.8 Å². The summed E-state index contributed by atoms with van der Waals surface area (Å²) in [4.78, 5) is 26.8. The van der Waals surface area contributed by atoms with Crippen LogP contribution in [0, 0.1) is 0 Å². The number of alkyl halides is 3. The van der Waals surface area contributed by atoms with Crippen molar-refractivity contribution in [3.05, 3.63) is 35.4 Å². The van der Waals surface area contributed by atoms with E-state index in [1.165, 1.54) is 40.1 Å². The summed E-state index contributed by atoms with van der Waals surface area (Å²) in [6, 6.07) is 4.44. The highest BCUT2D eigenvalue weighted by Crippen LogP contribution is 2.30. The van der Waals surface area contributed by atoms with Crippen molar-refractivity contribution < 1.29 is 22.8 Å². The van der Waals surface area contributed by atoms with E-state index in [9.17, 15) is 22.8 Å². The zero-order chi connectivity index (χ0) is 20.3. The van der Waals surface area contributed by atoms with E-state index < -0.39 is 23.6 Å². The van der Waals surface area contributed by atoms with Crippen molar-refractivity contribution in [1.29, 1.82) is 0 Å². The highest BCUT2D eigenvalue weighted by atomic mass is 32.2. The Morgan fingerprint density at radius 2 is 1.89 bits per heavy atom. The summed E-state index contributed by atoms with van der Waals surface area (Å²) in [5.41, 5.74) is 4.28. The Kier molecular flexibility index (Phi) is 6.08. The molecule has 0 radical (unpaired) electrons. The summed E-state index contributed by atoms with van der Waals surface area (Å²) in [5.74, 6) is -0.752. The van der Waals surface area contributed by atoms with Gasteiger partial charge in [-0.2, -0.15) is 13.2 Å². The second kappa shape index (κ2) is 8.35. The lowest BCUT2D eigenvalue weighted by molar-refractivity contribution is -0.137. The Labute approximate surface area is 166 Å². The van der Waals surface area contributed by atoms with Gasteiger partial charge in [0.15, 0.2) is 4.34 Å². The molecule has 1 saturated heterocycles. The molecule has 1 fully saturated rings. The number of primary amides is 1. The van der Waals surface area contributed by atoms with Crippen LogP contribution in [-0.2, 0) is 11.0 Å². The van der Waals surface area contributed by atoms with Gasteiger partial charge >= 0.3 is 6.18 Å². The number of hydrogen-bond donors (Lipinski definition) is 1. The average Bonchev–Trinajstić information content (AvgIpc) is 3.14. The number of halogens is 3. The highest BCUT2D eigenvalue weighted by Gasteiger charge is 2.32. The predicted molar refractivity (Wildman–Crippen MR) is 99.4 cm³/mol. The standard InChI is InChI=1S/C16H16F3N5O2S2/c17-16(18,19)11-3-1-2-10(8-11)13(26)23-4-6-24(7-5-23)14-21-22-15(28-14)27-9-12(20)25/h1-3,8H,4-7,9H2,(H2,20,25). The molecule has 0 saturated carbocycles. The van der Waals surface area contributed by atoms with Gasteiger partial charge in [0, 0.05) is 31.7 Å². The molecule has 1 aromatic carbocycles. The van der Waals surface area contributed by atoms with Gasteiger partial charge in [0.25, 0.3) is 5.91 Å². The van der Waals surface area contributed by atoms with Crippen molar-refractivity contribution >= 4 is 40.0 Å². The van der Waals surface area contributed by atoms with Gasteiger partial charge in [-0.15, -0.1) is 10.2 Å². The van der Waals surface area contributed by atoms with E-state index in [1.807, 2.05) is 4.90 Å². The molecule has 0 unspecified atom stereocenters. The van der Waals surface area contributed by atoms with Crippen molar-refractivity contribution in [2.24, 2.45) is 5.73 Å². The Morgan fingerprint density at radius 1 is 1.18 bits per heavy atom. The Balaban J connectivity index is 1.59. The monoisotopic (exact) mass is 431 g/mol. The van der Waals surface area contributed by atoms with Crippen LogP contribution in [0.25, 0.3) is 0 Å². The van der Waals surface area contributed by atoms with Crippen LogP contribution in [0.4, 0.5) is 18.3 Å². The van der Waals surface area contributed by atoms with Gasteiger partial charge in [0.05, 0.1) is 11.3 Å². The van der Waals surface area contributed by atoms with E-state index in [-0.39, 0.29) is 11.3 Å². The number of thioether (sulfide) groups is 1. The van der Waals surface area contributed by atoms with E-state index in [2.05, 4.69) is 10.2 Å². The second-order valence-corrected chi connectivity index (χ2v) is 8.14. The molecule has 1 aliphatic heterocycles. The lowest BCUT2D eigenvalue weighted by atomic mass is 10.1. The minimum Gasteiger partial charge on any atom is -0.369 e. The number of nitrogens with zero attached hydrogens (tertiary/aromatic N) is 4. The molecular weight excluding hydrogens is 415 g/mol. The maximum atomic E-state index is 12.8. The van der Waals surface area contributed by atoms with Gasteiger partial charge < -0.3 is 15.5 Å². The molecule has 2 amide bonds. The number of benzene rings is 1. The number of amides is 2. The third-order valence-corrected chi connectivity index (χ3v) is 6.15. The lowest BCUT2D eigenvalue weighted by Gasteiger charge is -2.34.